The first-order chi connectivity index (χ1) is 13.2. The maximum Gasteiger partial charge on any atom is 0.312 e. The topological polar surface area (TPSA) is 52.6 Å². The van der Waals surface area contributed by atoms with E-state index in [2.05, 4.69) is 33.8 Å². The maximum atomic E-state index is 12.6. The van der Waals surface area contributed by atoms with Gasteiger partial charge in [-0.05, 0) is 75.7 Å². The molecule has 4 nitrogen and oxygen atoms in total. The summed E-state index contributed by atoms with van der Waals surface area (Å²) in [4.78, 5) is 23.9. The van der Waals surface area contributed by atoms with Crippen LogP contribution in [0.3, 0.4) is 0 Å². The lowest BCUT2D eigenvalue weighted by molar-refractivity contribution is -0.156. The summed E-state index contributed by atoms with van der Waals surface area (Å²) in [5.41, 5.74) is 2.41. The minimum atomic E-state index is -0.403. The summed E-state index contributed by atoms with van der Waals surface area (Å²) >= 11 is 0. The number of esters is 2. The Hall–Kier alpha value is -1.58. The number of rotatable bonds is 7. The quantitative estimate of drug-likeness (QED) is 0.418. The van der Waals surface area contributed by atoms with E-state index >= 15 is 0 Å². The molecule has 158 valence electrons. The molecular formula is C24H38O4. The lowest BCUT2D eigenvalue weighted by atomic mass is 9.51. The predicted molar refractivity (Wildman–Crippen MR) is 112 cm³/mol. The summed E-state index contributed by atoms with van der Waals surface area (Å²) in [7, 11) is 1.51. The molecule has 1 fully saturated rings. The summed E-state index contributed by atoms with van der Waals surface area (Å²) < 4.78 is 10.4. The smallest absolute Gasteiger partial charge is 0.312 e. The molecule has 1 saturated carbocycles. The highest BCUT2D eigenvalue weighted by atomic mass is 16.5. The fourth-order valence-electron chi connectivity index (χ4n) is 5.12. The third-order valence-electron chi connectivity index (χ3n) is 7.46. The Morgan fingerprint density at radius 2 is 2.00 bits per heavy atom. The van der Waals surface area contributed by atoms with Crippen molar-refractivity contribution in [2.24, 2.45) is 22.7 Å². The van der Waals surface area contributed by atoms with E-state index in [0.717, 1.165) is 38.5 Å². The van der Waals surface area contributed by atoms with Crippen LogP contribution in [0.1, 0.15) is 79.6 Å². The first kappa shape index (κ1) is 22.7. The van der Waals surface area contributed by atoms with Crippen LogP contribution in [-0.2, 0) is 19.1 Å². The van der Waals surface area contributed by atoms with Gasteiger partial charge >= 0.3 is 11.9 Å². The minimum Gasteiger partial charge on any atom is -0.469 e. The van der Waals surface area contributed by atoms with Crippen LogP contribution in [0, 0.1) is 22.7 Å². The van der Waals surface area contributed by atoms with Gasteiger partial charge in [-0.3, -0.25) is 9.59 Å². The first-order valence-electron chi connectivity index (χ1n) is 10.8. The second-order valence-electron chi connectivity index (χ2n) is 9.14. The van der Waals surface area contributed by atoms with Gasteiger partial charge in [0, 0.05) is 6.42 Å². The van der Waals surface area contributed by atoms with Crippen molar-refractivity contribution in [2.45, 2.75) is 79.6 Å². The highest BCUT2D eigenvalue weighted by Gasteiger charge is 2.52. The zero-order valence-corrected chi connectivity index (χ0v) is 18.6. The molecule has 4 heteroatoms. The minimum absolute atomic E-state index is 0.0613. The molecule has 0 unspecified atom stereocenters. The Kier molecular flexibility index (Phi) is 7.52. The average Bonchev–Trinajstić information content (AvgIpc) is 2.69. The van der Waals surface area contributed by atoms with E-state index in [9.17, 15) is 9.59 Å². The Labute approximate surface area is 170 Å². The van der Waals surface area contributed by atoms with Gasteiger partial charge in [0.1, 0.15) is 6.61 Å². The van der Waals surface area contributed by atoms with Gasteiger partial charge in [-0.2, -0.15) is 0 Å². The lowest BCUT2D eigenvalue weighted by Crippen LogP contribution is -2.47. The largest absolute Gasteiger partial charge is 0.469 e. The molecule has 0 N–H and O–H groups in total. The molecule has 0 radical (unpaired) electrons. The van der Waals surface area contributed by atoms with Crippen LogP contribution in [0.5, 0.6) is 0 Å². The van der Waals surface area contributed by atoms with Gasteiger partial charge in [0.25, 0.3) is 0 Å². The third-order valence-corrected chi connectivity index (χ3v) is 7.46. The fourth-order valence-corrected chi connectivity index (χ4v) is 5.12. The molecular weight excluding hydrogens is 352 g/mol. The van der Waals surface area contributed by atoms with Crippen LogP contribution in [0.15, 0.2) is 23.3 Å². The second-order valence-corrected chi connectivity index (χ2v) is 9.14. The lowest BCUT2D eigenvalue weighted by Gasteiger charge is -2.53. The summed E-state index contributed by atoms with van der Waals surface area (Å²) in [5.74, 6) is 0.647. The number of fused-ring (bicyclic) bond motifs is 1. The first-order valence-corrected chi connectivity index (χ1v) is 10.8. The number of hydrogen-bond acceptors (Lipinski definition) is 4. The molecule has 28 heavy (non-hydrogen) atoms. The standard InChI is InChI=1S/C24H38O4/c1-7-21(25)28-16-13-17(2)12-15-23(4)18(3)10-11-20-19(23)9-8-14-24(20,5)22(26)27-6/h9,13,18,20H,7-8,10-12,14-16H2,1-6H3/b17-13+/t18-,20+,23+,24+/m1/s1. The Bertz CT molecular complexity index is 647. The molecule has 0 bridgehead atoms. The third kappa shape index (κ3) is 4.52. The number of carbonyl (C=O) groups excluding carboxylic acids is 2. The number of allylic oxidation sites excluding steroid dienone is 3. The SMILES string of the molecule is CCC(=O)OC/C=C(\C)CC[C@]1(C)C2=CCC[C@](C)(C(=O)OC)[C@H]2CC[C@H]1C. The summed E-state index contributed by atoms with van der Waals surface area (Å²) in [6.45, 7) is 11.1. The van der Waals surface area contributed by atoms with Crippen molar-refractivity contribution in [1.29, 1.82) is 0 Å². The Balaban J connectivity index is 2.13. The number of hydrogen-bond donors (Lipinski definition) is 0. The van der Waals surface area contributed by atoms with Crippen molar-refractivity contribution in [2.75, 3.05) is 13.7 Å². The molecule has 0 heterocycles. The van der Waals surface area contributed by atoms with Crippen LogP contribution in [0.25, 0.3) is 0 Å². The van der Waals surface area contributed by atoms with Gasteiger partial charge in [0.15, 0.2) is 0 Å². The highest BCUT2D eigenvalue weighted by Crippen LogP contribution is 2.58. The van der Waals surface area contributed by atoms with E-state index in [0.29, 0.717) is 18.9 Å². The summed E-state index contributed by atoms with van der Waals surface area (Å²) in [6, 6.07) is 0. The van der Waals surface area contributed by atoms with Crippen LogP contribution in [0.2, 0.25) is 0 Å². The van der Waals surface area contributed by atoms with Crippen molar-refractivity contribution in [3.8, 4) is 0 Å². The zero-order chi connectivity index (χ0) is 20.9. The maximum absolute atomic E-state index is 12.6. The normalized spacial score (nSPS) is 32.9. The van der Waals surface area contributed by atoms with Gasteiger partial charge in [0.2, 0.25) is 0 Å². The molecule has 0 spiro atoms. The van der Waals surface area contributed by atoms with Gasteiger partial charge < -0.3 is 9.47 Å². The van der Waals surface area contributed by atoms with E-state index in [1.807, 2.05) is 6.08 Å². The molecule has 2 rings (SSSR count). The van der Waals surface area contributed by atoms with Crippen molar-refractivity contribution in [3.05, 3.63) is 23.3 Å². The van der Waals surface area contributed by atoms with Gasteiger partial charge in [-0.1, -0.05) is 38.0 Å². The van der Waals surface area contributed by atoms with E-state index in [1.54, 1.807) is 6.92 Å². The average molecular weight is 391 g/mol. The molecule has 2 aliphatic carbocycles. The molecule has 4 atom stereocenters. The summed E-state index contributed by atoms with van der Waals surface area (Å²) in [5, 5.41) is 0. The molecule has 0 amide bonds. The van der Waals surface area contributed by atoms with E-state index in [4.69, 9.17) is 9.47 Å². The van der Waals surface area contributed by atoms with Gasteiger partial charge in [-0.25, -0.2) is 0 Å². The Morgan fingerprint density at radius 3 is 2.64 bits per heavy atom. The number of methoxy groups -OCH3 is 1. The second kappa shape index (κ2) is 9.28. The molecule has 0 aromatic rings. The predicted octanol–water partition coefficient (Wildman–Crippen LogP) is 5.62. The van der Waals surface area contributed by atoms with Crippen LogP contribution < -0.4 is 0 Å². The molecule has 0 aliphatic heterocycles. The van der Waals surface area contributed by atoms with Gasteiger partial charge in [-0.15, -0.1) is 0 Å². The zero-order valence-electron chi connectivity index (χ0n) is 18.6. The van der Waals surface area contributed by atoms with Crippen molar-refractivity contribution >= 4 is 11.9 Å². The van der Waals surface area contributed by atoms with E-state index < -0.39 is 5.41 Å². The van der Waals surface area contributed by atoms with Crippen LogP contribution >= 0.6 is 0 Å². The molecule has 0 saturated heterocycles. The van der Waals surface area contributed by atoms with Gasteiger partial charge in [0.05, 0.1) is 12.5 Å². The molecule has 0 aromatic heterocycles. The van der Waals surface area contributed by atoms with E-state index in [1.165, 1.54) is 18.3 Å². The van der Waals surface area contributed by atoms with Crippen LogP contribution in [0.4, 0.5) is 0 Å². The van der Waals surface area contributed by atoms with Crippen LogP contribution in [-0.4, -0.2) is 25.7 Å². The molecule has 0 aromatic carbocycles. The number of ether oxygens (including phenoxy) is 2. The van der Waals surface area contributed by atoms with Crippen molar-refractivity contribution in [1.82, 2.24) is 0 Å². The van der Waals surface area contributed by atoms with Crippen molar-refractivity contribution < 1.29 is 19.1 Å². The summed E-state index contributed by atoms with van der Waals surface area (Å²) in [6.07, 6.45) is 10.9. The number of carbonyl (C=O) groups is 2. The Morgan fingerprint density at radius 1 is 1.29 bits per heavy atom. The van der Waals surface area contributed by atoms with E-state index in [-0.39, 0.29) is 23.3 Å². The highest BCUT2D eigenvalue weighted by molar-refractivity contribution is 5.77. The van der Waals surface area contributed by atoms with Crippen molar-refractivity contribution in [3.63, 3.8) is 0 Å². The monoisotopic (exact) mass is 390 g/mol. The molecule has 2 aliphatic rings. The fraction of sp³-hybridized carbons (Fsp3) is 0.750.